The molecular formula is C18H22ClFN2OS. The summed E-state index contributed by atoms with van der Waals surface area (Å²) in [6.07, 6.45) is 0.828. The van der Waals surface area contributed by atoms with Crippen LogP contribution in [0.5, 0.6) is 0 Å². The molecule has 0 heterocycles. The molecule has 2 aromatic rings. The van der Waals surface area contributed by atoms with Crippen molar-refractivity contribution in [3.8, 4) is 0 Å². The van der Waals surface area contributed by atoms with E-state index in [0.717, 1.165) is 28.2 Å². The van der Waals surface area contributed by atoms with Crippen LogP contribution in [0.15, 0.2) is 53.4 Å². The number of nitrogens with one attached hydrogen (secondary N) is 1. The number of rotatable bonds is 7. The fourth-order valence-corrected chi connectivity index (χ4v) is 2.89. The van der Waals surface area contributed by atoms with Crippen molar-refractivity contribution >= 4 is 30.1 Å². The highest BCUT2D eigenvalue weighted by molar-refractivity contribution is 7.99. The molecule has 1 unspecified atom stereocenters. The van der Waals surface area contributed by atoms with Crippen molar-refractivity contribution in [2.24, 2.45) is 5.73 Å². The number of amides is 1. The molecule has 0 spiro atoms. The zero-order chi connectivity index (χ0) is 16.7. The third kappa shape index (κ3) is 6.51. The first-order chi connectivity index (χ1) is 11.1. The van der Waals surface area contributed by atoms with Gasteiger partial charge in [0.1, 0.15) is 11.9 Å². The third-order valence-electron chi connectivity index (χ3n) is 3.42. The van der Waals surface area contributed by atoms with E-state index in [0.29, 0.717) is 6.54 Å². The van der Waals surface area contributed by atoms with Crippen LogP contribution < -0.4 is 11.1 Å². The van der Waals surface area contributed by atoms with Gasteiger partial charge >= 0.3 is 0 Å². The average Bonchev–Trinajstić information content (AvgIpc) is 2.56. The lowest BCUT2D eigenvalue weighted by atomic mass is 10.1. The van der Waals surface area contributed by atoms with Crippen molar-refractivity contribution < 1.29 is 9.18 Å². The zero-order valence-electron chi connectivity index (χ0n) is 13.5. The Hall–Kier alpha value is -1.56. The Morgan fingerprint density at radius 2 is 1.79 bits per heavy atom. The summed E-state index contributed by atoms with van der Waals surface area (Å²) in [7, 11) is 0. The van der Waals surface area contributed by atoms with E-state index < -0.39 is 6.04 Å². The van der Waals surface area contributed by atoms with Crippen molar-refractivity contribution in [1.82, 2.24) is 5.32 Å². The molecule has 0 fully saturated rings. The molecule has 0 aliphatic rings. The second kappa shape index (κ2) is 10.3. The zero-order valence-corrected chi connectivity index (χ0v) is 15.1. The second-order valence-electron chi connectivity index (χ2n) is 5.34. The topological polar surface area (TPSA) is 55.1 Å². The van der Waals surface area contributed by atoms with Gasteiger partial charge in [0, 0.05) is 11.4 Å². The normalized spacial score (nSPS) is 11.5. The van der Waals surface area contributed by atoms with Crippen molar-refractivity contribution in [3.05, 3.63) is 65.5 Å². The molecule has 2 aromatic carbocycles. The fourth-order valence-electron chi connectivity index (χ4n) is 2.04. The van der Waals surface area contributed by atoms with Gasteiger partial charge in [-0.15, -0.1) is 24.2 Å². The van der Waals surface area contributed by atoms with E-state index in [1.807, 2.05) is 31.2 Å². The third-order valence-corrected chi connectivity index (χ3v) is 4.52. The standard InChI is InChI=1S/C18H21FN2OS.ClH/c1-13-3-5-14(6-4-13)17(20)18(22)21-11-2-12-23-16-9-7-15(19)8-10-16;/h3-10,17H,2,11-12,20H2,1H3,(H,21,22);1H. The average molecular weight is 369 g/mol. The highest BCUT2D eigenvalue weighted by Crippen LogP contribution is 2.18. The van der Waals surface area contributed by atoms with Crippen molar-refractivity contribution in [1.29, 1.82) is 0 Å². The number of hydrogen-bond donors (Lipinski definition) is 2. The molecule has 0 bridgehead atoms. The van der Waals surface area contributed by atoms with Gasteiger partial charge in [-0.2, -0.15) is 0 Å². The summed E-state index contributed by atoms with van der Waals surface area (Å²) >= 11 is 1.64. The largest absolute Gasteiger partial charge is 0.354 e. The predicted octanol–water partition coefficient (Wildman–Crippen LogP) is 3.85. The summed E-state index contributed by atoms with van der Waals surface area (Å²) in [5.41, 5.74) is 7.91. The first-order valence-electron chi connectivity index (χ1n) is 7.54. The van der Waals surface area contributed by atoms with E-state index in [1.165, 1.54) is 12.1 Å². The molecule has 1 atom stereocenters. The molecule has 130 valence electrons. The Morgan fingerprint density at radius 1 is 1.17 bits per heavy atom. The summed E-state index contributed by atoms with van der Waals surface area (Å²) in [5.74, 6) is 0.457. The van der Waals surface area contributed by atoms with Gasteiger partial charge in [0.25, 0.3) is 0 Å². The maximum Gasteiger partial charge on any atom is 0.241 e. The molecule has 3 nitrogen and oxygen atoms in total. The molecule has 0 saturated heterocycles. The molecule has 1 amide bonds. The van der Waals surface area contributed by atoms with Crippen LogP contribution >= 0.6 is 24.2 Å². The van der Waals surface area contributed by atoms with Crippen LogP contribution in [0, 0.1) is 12.7 Å². The Balaban J connectivity index is 0.00000288. The van der Waals surface area contributed by atoms with Crippen LogP contribution in [0.1, 0.15) is 23.6 Å². The van der Waals surface area contributed by atoms with Crippen LogP contribution in [0.25, 0.3) is 0 Å². The molecule has 3 N–H and O–H groups in total. The first-order valence-corrected chi connectivity index (χ1v) is 8.53. The highest BCUT2D eigenvalue weighted by atomic mass is 35.5. The number of thioether (sulfide) groups is 1. The molecule has 0 aliphatic carbocycles. The van der Waals surface area contributed by atoms with Gasteiger partial charge in [0.2, 0.25) is 5.91 Å². The summed E-state index contributed by atoms with van der Waals surface area (Å²) in [6, 6.07) is 13.4. The molecule has 6 heteroatoms. The molecule has 0 aromatic heterocycles. The Morgan fingerprint density at radius 3 is 2.42 bits per heavy atom. The lowest BCUT2D eigenvalue weighted by molar-refractivity contribution is -0.122. The summed E-state index contributed by atoms with van der Waals surface area (Å²) in [5, 5.41) is 2.85. The van der Waals surface area contributed by atoms with Gasteiger partial charge in [-0.25, -0.2) is 4.39 Å². The number of benzene rings is 2. The van der Waals surface area contributed by atoms with E-state index in [2.05, 4.69) is 5.32 Å². The van der Waals surface area contributed by atoms with Crippen LogP contribution in [0.3, 0.4) is 0 Å². The van der Waals surface area contributed by atoms with Crippen molar-refractivity contribution in [3.63, 3.8) is 0 Å². The molecule has 0 saturated carbocycles. The number of halogens is 2. The predicted molar refractivity (Wildman–Crippen MR) is 100 cm³/mol. The summed E-state index contributed by atoms with van der Waals surface area (Å²) in [4.78, 5) is 13.0. The molecule has 0 aliphatic heterocycles. The maximum absolute atomic E-state index is 12.8. The van der Waals surface area contributed by atoms with E-state index in [-0.39, 0.29) is 24.1 Å². The van der Waals surface area contributed by atoms with Crippen LogP contribution in [-0.2, 0) is 4.79 Å². The van der Waals surface area contributed by atoms with Gasteiger partial charge in [-0.05, 0) is 48.9 Å². The minimum Gasteiger partial charge on any atom is -0.354 e. The lowest BCUT2D eigenvalue weighted by Crippen LogP contribution is -2.34. The fraction of sp³-hybridized carbons (Fsp3) is 0.278. The Bertz CT molecular complexity index is 634. The van der Waals surface area contributed by atoms with E-state index in [9.17, 15) is 9.18 Å². The van der Waals surface area contributed by atoms with E-state index >= 15 is 0 Å². The summed E-state index contributed by atoms with van der Waals surface area (Å²) in [6.45, 7) is 2.57. The molecule has 24 heavy (non-hydrogen) atoms. The number of carbonyl (C=O) groups is 1. The van der Waals surface area contributed by atoms with Crippen LogP contribution in [0.2, 0.25) is 0 Å². The summed E-state index contributed by atoms with van der Waals surface area (Å²) < 4.78 is 12.8. The van der Waals surface area contributed by atoms with Gasteiger partial charge in [0.15, 0.2) is 0 Å². The monoisotopic (exact) mass is 368 g/mol. The lowest BCUT2D eigenvalue weighted by Gasteiger charge is -2.12. The van der Waals surface area contributed by atoms with Crippen LogP contribution in [-0.4, -0.2) is 18.2 Å². The first kappa shape index (κ1) is 20.5. The minimum atomic E-state index is -0.639. The van der Waals surface area contributed by atoms with E-state index in [1.54, 1.807) is 23.9 Å². The van der Waals surface area contributed by atoms with Crippen LogP contribution in [0.4, 0.5) is 4.39 Å². The molecular weight excluding hydrogens is 347 g/mol. The number of aryl methyl sites for hydroxylation is 1. The molecule has 0 radical (unpaired) electrons. The second-order valence-corrected chi connectivity index (χ2v) is 6.50. The van der Waals surface area contributed by atoms with E-state index in [4.69, 9.17) is 5.73 Å². The SMILES string of the molecule is Cc1ccc(C(N)C(=O)NCCCSc2ccc(F)cc2)cc1.Cl. The number of carbonyl (C=O) groups excluding carboxylic acids is 1. The highest BCUT2D eigenvalue weighted by Gasteiger charge is 2.14. The van der Waals surface area contributed by atoms with Crippen molar-refractivity contribution in [2.75, 3.05) is 12.3 Å². The smallest absolute Gasteiger partial charge is 0.241 e. The minimum absolute atomic E-state index is 0. The number of nitrogens with two attached hydrogens (primary N) is 1. The Kier molecular flexibility index (Phi) is 8.82. The number of hydrogen-bond acceptors (Lipinski definition) is 3. The molecule has 2 rings (SSSR count). The van der Waals surface area contributed by atoms with Crippen molar-refractivity contribution in [2.45, 2.75) is 24.3 Å². The maximum atomic E-state index is 12.8. The van der Waals surface area contributed by atoms with Gasteiger partial charge in [-0.1, -0.05) is 29.8 Å². The van der Waals surface area contributed by atoms with Gasteiger partial charge in [0.05, 0.1) is 0 Å². The Labute approximate surface area is 152 Å². The van der Waals surface area contributed by atoms with Gasteiger partial charge in [-0.3, -0.25) is 4.79 Å². The quantitative estimate of drug-likeness (QED) is 0.576. The van der Waals surface area contributed by atoms with Gasteiger partial charge < -0.3 is 11.1 Å².